The smallest absolute Gasteiger partial charge is 0.172 e. The van der Waals surface area contributed by atoms with Crippen molar-refractivity contribution < 1.29 is 9.47 Å². The van der Waals surface area contributed by atoms with Crippen molar-refractivity contribution in [3.63, 3.8) is 0 Å². The molecule has 2 N–H and O–H groups in total. The van der Waals surface area contributed by atoms with E-state index in [1.807, 2.05) is 13.8 Å². The van der Waals surface area contributed by atoms with Crippen molar-refractivity contribution in [1.29, 1.82) is 0 Å². The number of aryl methyl sites for hydroxylation is 1. The zero-order valence-corrected chi connectivity index (χ0v) is 12.7. The average molecular weight is 277 g/mol. The van der Waals surface area contributed by atoms with Crippen molar-refractivity contribution in [2.24, 2.45) is 5.73 Å². The van der Waals surface area contributed by atoms with E-state index in [0.717, 1.165) is 6.42 Å². The van der Waals surface area contributed by atoms with Crippen LogP contribution in [0.4, 0.5) is 0 Å². The highest BCUT2D eigenvalue weighted by Gasteiger charge is 2.26. The van der Waals surface area contributed by atoms with E-state index in [1.165, 1.54) is 30.4 Å². The van der Waals surface area contributed by atoms with Crippen LogP contribution < -0.4 is 5.73 Å². The van der Waals surface area contributed by atoms with Gasteiger partial charge in [-0.25, -0.2) is 0 Å². The fourth-order valence-corrected chi connectivity index (χ4v) is 3.16. The Morgan fingerprint density at radius 2 is 1.90 bits per heavy atom. The first-order valence-electron chi connectivity index (χ1n) is 7.82. The first-order chi connectivity index (χ1) is 9.76. The van der Waals surface area contributed by atoms with E-state index in [1.54, 1.807) is 0 Å². The van der Waals surface area contributed by atoms with Crippen LogP contribution in [0.2, 0.25) is 0 Å². The monoisotopic (exact) mass is 277 g/mol. The van der Waals surface area contributed by atoms with Crippen LogP contribution >= 0.6 is 0 Å². The molecule has 3 nitrogen and oxygen atoms in total. The first kappa shape index (κ1) is 15.5. The van der Waals surface area contributed by atoms with Gasteiger partial charge in [-0.1, -0.05) is 24.3 Å². The molecule has 0 heterocycles. The van der Waals surface area contributed by atoms with Gasteiger partial charge in [0.15, 0.2) is 6.29 Å². The van der Waals surface area contributed by atoms with Crippen molar-refractivity contribution in [2.75, 3.05) is 13.2 Å². The predicted molar refractivity (Wildman–Crippen MR) is 81.8 cm³/mol. The van der Waals surface area contributed by atoms with Crippen molar-refractivity contribution in [2.45, 2.75) is 57.8 Å². The number of fused-ring (bicyclic) bond motifs is 1. The van der Waals surface area contributed by atoms with Crippen LogP contribution in [0.1, 0.15) is 50.2 Å². The highest BCUT2D eigenvalue weighted by atomic mass is 16.7. The molecule has 1 aliphatic carbocycles. The van der Waals surface area contributed by atoms with Crippen molar-refractivity contribution in [1.82, 2.24) is 0 Å². The summed E-state index contributed by atoms with van der Waals surface area (Å²) in [5.74, 6) is 0.540. The molecule has 0 radical (unpaired) electrons. The third kappa shape index (κ3) is 3.81. The molecule has 1 aromatic carbocycles. The molecule has 1 aliphatic rings. The lowest BCUT2D eigenvalue weighted by molar-refractivity contribution is -0.149. The molecule has 2 atom stereocenters. The van der Waals surface area contributed by atoms with Crippen LogP contribution in [-0.4, -0.2) is 25.5 Å². The summed E-state index contributed by atoms with van der Waals surface area (Å²) in [6.07, 6.45) is 4.32. The van der Waals surface area contributed by atoms with E-state index in [0.29, 0.717) is 19.1 Å². The second-order valence-corrected chi connectivity index (χ2v) is 5.47. The molecule has 0 aliphatic heterocycles. The van der Waals surface area contributed by atoms with Gasteiger partial charge in [-0.05, 0) is 56.6 Å². The third-order valence-electron chi connectivity index (χ3n) is 4.06. The molecule has 2 rings (SSSR count). The lowest BCUT2D eigenvalue weighted by Gasteiger charge is -2.30. The zero-order chi connectivity index (χ0) is 14.4. The summed E-state index contributed by atoms with van der Waals surface area (Å²) in [6, 6.07) is 8.69. The Morgan fingerprint density at radius 3 is 2.60 bits per heavy atom. The normalized spacial score (nSPS) is 19.9. The van der Waals surface area contributed by atoms with E-state index in [-0.39, 0.29) is 12.3 Å². The third-order valence-corrected chi connectivity index (χ3v) is 4.06. The Bertz CT molecular complexity index is 402. The van der Waals surface area contributed by atoms with Gasteiger partial charge in [0, 0.05) is 13.2 Å². The van der Waals surface area contributed by atoms with Gasteiger partial charge in [0.1, 0.15) is 0 Å². The van der Waals surface area contributed by atoms with Gasteiger partial charge in [0.2, 0.25) is 0 Å². The summed E-state index contributed by atoms with van der Waals surface area (Å²) < 4.78 is 11.3. The van der Waals surface area contributed by atoms with E-state index >= 15 is 0 Å². The van der Waals surface area contributed by atoms with Gasteiger partial charge in [-0.15, -0.1) is 0 Å². The average Bonchev–Trinajstić information content (AvgIpc) is 2.47. The molecule has 0 bridgehead atoms. The molecule has 0 fully saturated rings. The SMILES string of the molecule is CCOC(OCC)C(N)CC1CCCc2ccccc21. The molecule has 0 aromatic heterocycles. The lowest BCUT2D eigenvalue weighted by Crippen LogP contribution is -2.40. The van der Waals surface area contributed by atoms with Gasteiger partial charge in [0.05, 0.1) is 6.04 Å². The van der Waals surface area contributed by atoms with E-state index in [9.17, 15) is 0 Å². The summed E-state index contributed by atoms with van der Waals surface area (Å²) in [5, 5.41) is 0. The Morgan fingerprint density at radius 1 is 1.20 bits per heavy atom. The first-order valence-corrected chi connectivity index (χ1v) is 7.82. The van der Waals surface area contributed by atoms with Crippen molar-refractivity contribution in [3.8, 4) is 0 Å². The molecule has 0 saturated heterocycles. The largest absolute Gasteiger partial charge is 0.351 e. The Hall–Kier alpha value is -0.900. The van der Waals surface area contributed by atoms with Crippen LogP contribution in [0.25, 0.3) is 0 Å². The molecule has 2 unspecified atom stereocenters. The Balaban J connectivity index is 2.02. The topological polar surface area (TPSA) is 44.5 Å². The van der Waals surface area contributed by atoms with Crippen LogP contribution in [0, 0.1) is 0 Å². The number of ether oxygens (including phenoxy) is 2. The van der Waals surface area contributed by atoms with E-state index in [4.69, 9.17) is 15.2 Å². The maximum absolute atomic E-state index is 6.33. The minimum atomic E-state index is -0.279. The van der Waals surface area contributed by atoms with Crippen LogP contribution in [0.15, 0.2) is 24.3 Å². The lowest BCUT2D eigenvalue weighted by atomic mass is 9.79. The fourth-order valence-electron chi connectivity index (χ4n) is 3.16. The molecule has 112 valence electrons. The van der Waals surface area contributed by atoms with Crippen LogP contribution in [0.5, 0.6) is 0 Å². The second-order valence-electron chi connectivity index (χ2n) is 5.47. The van der Waals surface area contributed by atoms with Crippen LogP contribution in [0.3, 0.4) is 0 Å². The molecule has 3 heteroatoms. The van der Waals surface area contributed by atoms with Crippen molar-refractivity contribution >= 4 is 0 Å². The second kappa shape index (κ2) is 7.77. The summed E-state index contributed by atoms with van der Waals surface area (Å²) in [4.78, 5) is 0. The number of hydrogen-bond acceptors (Lipinski definition) is 3. The number of nitrogens with two attached hydrogens (primary N) is 1. The molecule has 0 saturated carbocycles. The molecule has 0 amide bonds. The maximum atomic E-state index is 6.33. The van der Waals surface area contributed by atoms with Crippen molar-refractivity contribution in [3.05, 3.63) is 35.4 Å². The zero-order valence-electron chi connectivity index (χ0n) is 12.7. The molecule has 20 heavy (non-hydrogen) atoms. The maximum Gasteiger partial charge on any atom is 0.172 e. The minimum Gasteiger partial charge on any atom is -0.351 e. The highest BCUT2D eigenvalue weighted by molar-refractivity contribution is 5.32. The quantitative estimate of drug-likeness (QED) is 0.778. The van der Waals surface area contributed by atoms with Gasteiger partial charge < -0.3 is 15.2 Å². The minimum absolute atomic E-state index is 0.0638. The molecular weight excluding hydrogens is 250 g/mol. The number of hydrogen-bond donors (Lipinski definition) is 1. The predicted octanol–water partition coefficient (Wildman–Crippen LogP) is 3.22. The van der Waals surface area contributed by atoms with Gasteiger partial charge in [0.25, 0.3) is 0 Å². The Labute approximate surface area is 122 Å². The van der Waals surface area contributed by atoms with Gasteiger partial charge in [-0.3, -0.25) is 0 Å². The molecular formula is C17H27NO2. The number of benzene rings is 1. The number of rotatable bonds is 7. The van der Waals surface area contributed by atoms with Gasteiger partial charge in [-0.2, -0.15) is 0 Å². The van der Waals surface area contributed by atoms with Crippen LogP contribution in [-0.2, 0) is 15.9 Å². The summed E-state index contributed by atoms with van der Waals surface area (Å²) in [5.41, 5.74) is 9.29. The van der Waals surface area contributed by atoms with Gasteiger partial charge >= 0.3 is 0 Å². The highest BCUT2D eigenvalue weighted by Crippen LogP contribution is 2.34. The fraction of sp³-hybridized carbons (Fsp3) is 0.647. The summed E-state index contributed by atoms with van der Waals surface area (Å²) in [6.45, 7) is 5.24. The van der Waals surface area contributed by atoms with E-state index in [2.05, 4.69) is 24.3 Å². The van der Waals surface area contributed by atoms with E-state index < -0.39 is 0 Å². The standard InChI is InChI=1S/C17H27NO2/c1-3-19-17(20-4-2)16(18)12-14-10-7-9-13-8-5-6-11-15(13)14/h5-6,8,11,14,16-17H,3-4,7,9-10,12,18H2,1-2H3. The molecule has 1 aromatic rings. The summed E-state index contributed by atoms with van der Waals surface area (Å²) >= 11 is 0. The summed E-state index contributed by atoms with van der Waals surface area (Å²) in [7, 11) is 0. The Kier molecular flexibility index (Phi) is 6.02. The molecule has 0 spiro atoms.